The summed E-state index contributed by atoms with van der Waals surface area (Å²) in [7, 11) is 0. The summed E-state index contributed by atoms with van der Waals surface area (Å²) in [6.07, 6.45) is 3.96. The summed E-state index contributed by atoms with van der Waals surface area (Å²) in [5.74, 6) is 1.17. The first-order valence-electron chi connectivity index (χ1n) is 12.4. The average Bonchev–Trinajstić information content (AvgIpc) is 3.28. The fraction of sp³-hybridized carbons (Fsp3) is 0.207. The zero-order valence-electron chi connectivity index (χ0n) is 20.1. The molecule has 7 heteroatoms. The van der Waals surface area contributed by atoms with Crippen molar-refractivity contribution in [3.05, 3.63) is 90.6 Å². The number of hydrogen-bond donors (Lipinski definition) is 2. The summed E-state index contributed by atoms with van der Waals surface area (Å²) in [5.41, 5.74) is 19.0. The number of nitrogens with zero attached hydrogens (tertiary/aromatic N) is 5. The molecule has 180 valence electrons. The average molecular weight is 476 g/mol. The predicted octanol–water partition coefficient (Wildman–Crippen LogP) is 4.65. The SMILES string of the molecule is Nc1ncccc1-c1nc2ccc(-c3ccccc3)nc2n1-c1ccc(CN2CCC[C@@H](N)C2)cc1. The smallest absolute Gasteiger partial charge is 0.165 e. The molecule has 7 nitrogen and oxygen atoms in total. The molecule has 1 aliphatic rings. The van der Waals surface area contributed by atoms with E-state index in [2.05, 4.69) is 50.8 Å². The topological polar surface area (TPSA) is 98.9 Å². The second kappa shape index (κ2) is 9.53. The molecule has 4 N–H and O–H groups in total. The van der Waals surface area contributed by atoms with Gasteiger partial charge in [0, 0.05) is 36.6 Å². The minimum absolute atomic E-state index is 0.271. The maximum Gasteiger partial charge on any atom is 0.165 e. The third-order valence-corrected chi connectivity index (χ3v) is 6.80. The van der Waals surface area contributed by atoms with Crippen molar-refractivity contribution in [2.75, 3.05) is 18.8 Å². The van der Waals surface area contributed by atoms with Gasteiger partial charge in [-0.2, -0.15) is 0 Å². The number of piperidine rings is 1. The van der Waals surface area contributed by atoms with Crippen LogP contribution >= 0.6 is 0 Å². The van der Waals surface area contributed by atoms with E-state index in [9.17, 15) is 0 Å². The van der Waals surface area contributed by atoms with Crippen LogP contribution in [0.2, 0.25) is 0 Å². The molecule has 3 aromatic heterocycles. The molecule has 0 radical (unpaired) electrons. The molecule has 2 aromatic carbocycles. The Morgan fingerprint density at radius 1 is 0.889 bits per heavy atom. The zero-order chi connectivity index (χ0) is 24.5. The number of anilines is 1. The van der Waals surface area contributed by atoms with Crippen molar-refractivity contribution in [2.24, 2.45) is 5.73 Å². The highest BCUT2D eigenvalue weighted by atomic mass is 15.2. The highest BCUT2D eigenvalue weighted by Crippen LogP contribution is 2.31. The van der Waals surface area contributed by atoms with E-state index in [0.29, 0.717) is 5.82 Å². The van der Waals surface area contributed by atoms with Gasteiger partial charge in [0.2, 0.25) is 0 Å². The van der Waals surface area contributed by atoms with Crippen LogP contribution in [0.5, 0.6) is 0 Å². The molecule has 0 saturated carbocycles. The lowest BCUT2D eigenvalue weighted by Gasteiger charge is -2.30. The quantitative estimate of drug-likeness (QED) is 0.384. The van der Waals surface area contributed by atoms with Crippen molar-refractivity contribution in [1.29, 1.82) is 0 Å². The number of benzene rings is 2. The van der Waals surface area contributed by atoms with Gasteiger partial charge in [-0.3, -0.25) is 9.47 Å². The van der Waals surface area contributed by atoms with Crippen molar-refractivity contribution >= 4 is 17.0 Å². The molecule has 6 rings (SSSR count). The summed E-state index contributed by atoms with van der Waals surface area (Å²) in [4.78, 5) is 16.7. The van der Waals surface area contributed by atoms with Gasteiger partial charge in [-0.25, -0.2) is 15.0 Å². The standard InChI is InChI=1S/C29H29N7/c30-22-8-5-17-35(19-22)18-20-10-12-23(13-11-20)36-28(24-9-4-16-32-27(24)31)34-26-15-14-25(33-29(26)36)21-6-2-1-3-7-21/h1-4,6-7,9-16,22H,5,8,17-19,30H2,(H2,31,32)/t22-/m1/s1. The lowest BCUT2D eigenvalue weighted by Crippen LogP contribution is -2.42. The first kappa shape index (κ1) is 22.4. The van der Waals surface area contributed by atoms with Gasteiger partial charge in [-0.05, 0) is 61.3 Å². The van der Waals surface area contributed by atoms with Gasteiger partial charge in [-0.1, -0.05) is 42.5 Å². The highest BCUT2D eigenvalue weighted by Gasteiger charge is 2.20. The molecule has 4 heterocycles. The van der Waals surface area contributed by atoms with Gasteiger partial charge in [0.1, 0.15) is 11.3 Å². The number of aromatic nitrogens is 4. The Labute approximate surface area is 210 Å². The molecule has 0 unspecified atom stereocenters. The van der Waals surface area contributed by atoms with Gasteiger partial charge in [0.25, 0.3) is 0 Å². The fourth-order valence-corrected chi connectivity index (χ4v) is 5.00. The molecule has 0 bridgehead atoms. The third kappa shape index (κ3) is 4.34. The number of nitrogens with two attached hydrogens (primary N) is 2. The maximum atomic E-state index is 6.28. The van der Waals surface area contributed by atoms with Gasteiger partial charge in [-0.15, -0.1) is 0 Å². The molecule has 1 aliphatic heterocycles. The normalized spacial score (nSPS) is 16.4. The van der Waals surface area contributed by atoms with Crippen LogP contribution in [0.4, 0.5) is 5.82 Å². The maximum absolute atomic E-state index is 6.28. The van der Waals surface area contributed by atoms with Crippen molar-refractivity contribution in [3.8, 4) is 28.3 Å². The molecule has 1 saturated heterocycles. The first-order valence-corrected chi connectivity index (χ1v) is 12.4. The van der Waals surface area contributed by atoms with E-state index in [1.807, 2.05) is 42.5 Å². The Bertz CT molecular complexity index is 1490. The molecule has 5 aromatic rings. The molecule has 36 heavy (non-hydrogen) atoms. The lowest BCUT2D eigenvalue weighted by atomic mass is 10.1. The molecule has 1 atom stereocenters. The summed E-state index contributed by atoms with van der Waals surface area (Å²) < 4.78 is 2.08. The van der Waals surface area contributed by atoms with Gasteiger partial charge >= 0.3 is 0 Å². The van der Waals surface area contributed by atoms with Crippen LogP contribution in [0, 0.1) is 0 Å². The van der Waals surface area contributed by atoms with E-state index in [1.54, 1.807) is 6.20 Å². The van der Waals surface area contributed by atoms with Crippen LogP contribution in [0.1, 0.15) is 18.4 Å². The van der Waals surface area contributed by atoms with E-state index in [1.165, 1.54) is 5.56 Å². The Morgan fingerprint density at radius 3 is 2.50 bits per heavy atom. The van der Waals surface area contributed by atoms with E-state index in [4.69, 9.17) is 21.4 Å². The first-order chi connectivity index (χ1) is 17.7. The number of fused-ring (bicyclic) bond motifs is 1. The number of pyridine rings is 2. The largest absolute Gasteiger partial charge is 0.383 e. The van der Waals surface area contributed by atoms with Gasteiger partial charge < -0.3 is 11.5 Å². The van der Waals surface area contributed by atoms with Crippen LogP contribution in [-0.2, 0) is 6.54 Å². The Balaban J connectivity index is 1.44. The van der Waals surface area contributed by atoms with E-state index >= 15 is 0 Å². The van der Waals surface area contributed by atoms with Crippen LogP contribution in [0.25, 0.3) is 39.5 Å². The summed E-state index contributed by atoms with van der Waals surface area (Å²) in [6.45, 7) is 2.94. The van der Waals surface area contributed by atoms with Gasteiger partial charge in [0.05, 0.1) is 11.3 Å². The third-order valence-electron chi connectivity index (χ3n) is 6.80. The number of rotatable bonds is 5. The minimum atomic E-state index is 0.271. The molecule has 1 fully saturated rings. The minimum Gasteiger partial charge on any atom is -0.383 e. The zero-order valence-corrected chi connectivity index (χ0v) is 20.1. The molecular formula is C29H29N7. The van der Waals surface area contributed by atoms with Crippen molar-refractivity contribution in [1.82, 2.24) is 24.4 Å². The van der Waals surface area contributed by atoms with E-state index < -0.39 is 0 Å². The van der Waals surface area contributed by atoms with Crippen molar-refractivity contribution < 1.29 is 0 Å². The Hall–Kier alpha value is -4.07. The second-order valence-electron chi connectivity index (χ2n) is 9.42. The lowest BCUT2D eigenvalue weighted by molar-refractivity contribution is 0.201. The molecular weight excluding hydrogens is 446 g/mol. The van der Waals surface area contributed by atoms with Crippen LogP contribution in [0.15, 0.2) is 85.1 Å². The Kier molecular flexibility index (Phi) is 5.93. The monoisotopic (exact) mass is 475 g/mol. The number of imidazole rings is 1. The van der Waals surface area contributed by atoms with Crippen LogP contribution in [-0.4, -0.2) is 43.6 Å². The summed E-state index contributed by atoms with van der Waals surface area (Å²) >= 11 is 0. The van der Waals surface area contributed by atoms with Crippen LogP contribution in [0.3, 0.4) is 0 Å². The molecule has 0 spiro atoms. The molecule has 0 aliphatic carbocycles. The number of likely N-dealkylation sites (tertiary alicyclic amines) is 1. The van der Waals surface area contributed by atoms with Crippen LogP contribution < -0.4 is 11.5 Å². The Morgan fingerprint density at radius 2 is 1.72 bits per heavy atom. The van der Waals surface area contributed by atoms with Crippen molar-refractivity contribution in [2.45, 2.75) is 25.4 Å². The second-order valence-corrected chi connectivity index (χ2v) is 9.42. The van der Waals surface area contributed by atoms with E-state index in [-0.39, 0.29) is 6.04 Å². The van der Waals surface area contributed by atoms with Gasteiger partial charge in [0.15, 0.2) is 11.5 Å². The fourth-order valence-electron chi connectivity index (χ4n) is 5.00. The van der Waals surface area contributed by atoms with Crippen molar-refractivity contribution in [3.63, 3.8) is 0 Å². The summed E-state index contributed by atoms with van der Waals surface area (Å²) in [6, 6.07) is 26.9. The number of nitrogen functional groups attached to an aromatic ring is 1. The number of hydrogen-bond acceptors (Lipinski definition) is 6. The molecule has 0 amide bonds. The van der Waals surface area contributed by atoms with E-state index in [0.717, 1.165) is 72.0 Å². The predicted molar refractivity (Wildman–Crippen MR) is 144 cm³/mol. The summed E-state index contributed by atoms with van der Waals surface area (Å²) in [5, 5.41) is 0. The highest BCUT2D eigenvalue weighted by molar-refractivity contribution is 5.84.